The van der Waals surface area contributed by atoms with Gasteiger partial charge in [0.2, 0.25) is 10.0 Å². The van der Waals surface area contributed by atoms with Gasteiger partial charge in [-0.05, 0) is 50.5 Å². The molecule has 1 aromatic carbocycles. The van der Waals surface area contributed by atoms with Gasteiger partial charge in [-0.15, -0.1) is 0 Å². The summed E-state index contributed by atoms with van der Waals surface area (Å²) in [6.07, 6.45) is 1.98. The van der Waals surface area contributed by atoms with Gasteiger partial charge in [-0.3, -0.25) is 4.99 Å². The molecule has 1 aliphatic heterocycles. The molecule has 0 radical (unpaired) electrons. The molecule has 0 bridgehead atoms. The number of piperidine rings is 1. The fourth-order valence-corrected chi connectivity index (χ4v) is 4.62. The molecule has 0 amide bonds. The molecule has 1 heterocycles. The van der Waals surface area contributed by atoms with Crippen LogP contribution in [0.25, 0.3) is 0 Å². The van der Waals surface area contributed by atoms with E-state index in [0.717, 1.165) is 12.8 Å². The molecule has 158 valence electrons. The molecule has 1 aliphatic rings. The lowest BCUT2D eigenvalue weighted by molar-refractivity contribution is 0.223. The van der Waals surface area contributed by atoms with Gasteiger partial charge in [0.1, 0.15) is 17.7 Å². The lowest BCUT2D eigenvalue weighted by Gasteiger charge is -2.32. The minimum Gasteiger partial charge on any atom is -0.489 e. The molecule has 0 saturated carbocycles. The van der Waals surface area contributed by atoms with Crippen LogP contribution in [-0.4, -0.2) is 63.3 Å². The van der Waals surface area contributed by atoms with Crippen LogP contribution >= 0.6 is 0 Å². The third-order valence-electron chi connectivity index (χ3n) is 4.58. The summed E-state index contributed by atoms with van der Waals surface area (Å²) in [7, 11) is -1.43. The number of sulfonamides is 1. The summed E-state index contributed by atoms with van der Waals surface area (Å²) < 4.78 is 44.6. The average Bonchev–Trinajstić information content (AvgIpc) is 2.67. The molecule has 2 N–H and O–H groups in total. The van der Waals surface area contributed by atoms with Crippen LogP contribution < -0.4 is 15.4 Å². The summed E-state index contributed by atoms with van der Waals surface area (Å²) in [5.74, 6) is 1.18. The van der Waals surface area contributed by atoms with Crippen LogP contribution in [0.5, 0.6) is 5.75 Å². The molecule has 1 fully saturated rings. The molecular weight excluding hydrogens is 383 g/mol. The molecule has 1 saturated heterocycles. The highest BCUT2D eigenvalue weighted by atomic mass is 32.2. The molecule has 0 aromatic heterocycles. The Morgan fingerprint density at radius 3 is 2.54 bits per heavy atom. The van der Waals surface area contributed by atoms with Gasteiger partial charge in [-0.2, -0.15) is 0 Å². The Morgan fingerprint density at radius 2 is 1.96 bits per heavy atom. The van der Waals surface area contributed by atoms with Gasteiger partial charge < -0.3 is 15.4 Å². The zero-order chi connectivity index (χ0) is 20.6. The number of ether oxygens (including phenoxy) is 1. The SMILES string of the molecule is CCCS(=O)(=O)N1CCC(NC(=NC)NCC(C)Oc2ccc(F)cc2)CC1. The Kier molecular flexibility index (Phi) is 8.50. The van der Waals surface area contributed by atoms with Crippen LogP contribution in [0.2, 0.25) is 0 Å². The number of rotatable bonds is 8. The molecule has 9 heteroatoms. The molecule has 1 atom stereocenters. The zero-order valence-corrected chi connectivity index (χ0v) is 17.6. The quantitative estimate of drug-likeness (QED) is 0.502. The average molecular weight is 415 g/mol. The van der Waals surface area contributed by atoms with Crippen molar-refractivity contribution in [3.63, 3.8) is 0 Å². The molecular formula is C19H31FN4O3S. The Morgan fingerprint density at radius 1 is 1.32 bits per heavy atom. The van der Waals surface area contributed by atoms with Gasteiger partial charge >= 0.3 is 0 Å². The van der Waals surface area contributed by atoms with E-state index in [-0.39, 0.29) is 23.7 Å². The van der Waals surface area contributed by atoms with E-state index in [4.69, 9.17) is 4.74 Å². The lowest BCUT2D eigenvalue weighted by atomic mass is 10.1. The summed E-state index contributed by atoms with van der Waals surface area (Å²) >= 11 is 0. The van der Waals surface area contributed by atoms with Gasteiger partial charge in [0.05, 0.1) is 12.3 Å². The van der Waals surface area contributed by atoms with E-state index in [2.05, 4.69) is 15.6 Å². The fraction of sp³-hybridized carbons (Fsp3) is 0.632. The Bertz CT molecular complexity index is 732. The van der Waals surface area contributed by atoms with E-state index in [0.29, 0.717) is 37.8 Å². The van der Waals surface area contributed by atoms with Crippen molar-refractivity contribution in [3.8, 4) is 5.75 Å². The number of nitrogens with zero attached hydrogens (tertiary/aromatic N) is 2. The predicted octanol–water partition coefficient (Wildman–Crippen LogP) is 1.96. The minimum absolute atomic E-state index is 0.134. The maximum Gasteiger partial charge on any atom is 0.214 e. The van der Waals surface area contributed by atoms with E-state index in [1.807, 2.05) is 13.8 Å². The maximum atomic E-state index is 12.9. The third kappa shape index (κ3) is 6.94. The number of guanidine groups is 1. The Labute approximate surface area is 167 Å². The van der Waals surface area contributed by atoms with Crippen LogP contribution in [0.15, 0.2) is 29.3 Å². The largest absolute Gasteiger partial charge is 0.489 e. The number of halogens is 1. The fourth-order valence-electron chi connectivity index (χ4n) is 3.08. The van der Waals surface area contributed by atoms with Gasteiger partial charge in [0.25, 0.3) is 0 Å². The number of hydrogen-bond donors (Lipinski definition) is 2. The highest BCUT2D eigenvalue weighted by Crippen LogP contribution is 2.15. The molecule has 7 nitrogen and oxygen atoms in total. The van der Waals surface area contributed by atoms with E-state index < -0.39 is 10.0 Å². The van der Waals surface area contributed by atoms with E-state index in [1.165, 1.54) is 12.1 Å². The van der Waals surface area contributed by atoms with E-state index >= 15 is 0 Å². The summed E-state index contributed by atoms with van der Waals surface area (Å²) in [6.45, 7) is 5.38. The molecule has 2 rings (SSSR count). The van der Waals surface area contributed by atoms with Crippen molar-refractivity contribution in [2.75, 3.05) is 32.4 Å². The highest BCUT2D eigenvalue weighted by molar-refractivity contribution is 7.89. The Hall–Kier alpha value is -1.87. The smallest absolute Gasteiger partial charge is 0.214 e. The summed E-state index contributed by atoms with van der Waals surface area (Å²) in [6, 6.07) is 6.09. The second-order valence-electron chi connectivity index (χ2n) is 6.97. The van der Waals surface area contributed by atoms with E-state index in [1.54, 1.807) is 23.5 Å². The number of aliphatic imine (C=N–C) groups is 1. The first-order valence-corrected chi connectivity index (χ1v) is 11.3. The molecule has 0 aliphatic carbocycles. The van der Waals surface area contributed by atoms with Crippen molar-refractivity contribution in [3.05, 3.63) is 30.1 Å². The van der Waals surface area contributed by atoms with Crippen LogP contribution in [0.4, 0.5) is 4.39 Å². The topological polar surface area (TPSA) is 83.0 Å². The van der Waals surface area contributed by atoms with Gasteiger partial charge in [-0.1, -0.05) is 6.92 Å². The first-order valence-electron chi connectivity index (χ1n) is 9.71. The Balaban J connectivity index is 1.75. The van der Waals surface area contributed by atoms with Crippen molar-refractivity contribution in [2.45, 2.75) is 45.3 Å². The summed E-state index contributed by atoms with van der Waals surface area (Å²) in [5.41, 5.74) is 0. The minimum atomic E-state index is -3.13. The first kappa shape index (κ1) is 22.4. The normalized spacial score (nSPS) is 17.9. The van der Waals surface area contributed by atoms with Gasteiger partial charge in [-0.25, -0.2) is 17.1 Å². The second-order valence-corrected chi connectivity index (χ2v) is 9.06. The number of hydrogen-bond acceptors (Lipinski definition) is 4. The second kappa shape index (κ2) is 10.6. The molecule has 28 heavy (non-hydrogen) atoms. The standard InChI is InChI=1S/C19H31FN4O3S/c1-4-13-28(25,26)24-11-9-17(10-12-24)23-19(21-3)22-14-15(2)27-18-7-5-16(20)6-8-18/h5-8,15,17H,4,9-14H2,1-3H3,(H2,21,22,23). The van der Waals surface area contributed by atoms with Crippen molar-refractivity contribution in [1.82, 2.24) is 14.9 Å². The van der Waals surface area contributed by atoms with Gasteiger partial charge in [0, 0.05) is 26.2 Å². The number of benzene rings is 1. The van der Waals surface area contributed by atoms with Crippen molar-refractivity contribution >= 4 is 16.0 Å². The first-order chi connectivity index (χ1) is 13.3. The predicted molar refractivity (Wildman–Crippen MR) is 110 cm³/mol. The van der Waals surface area contributed by atoms with Crippen LogP contribution in [-0.2, 0) is 10.0 Å². The summed E-state index contributed by atoms with van der Waals surface area (Å²) in [4.78, 5) is 4.23. The molecule has 0 spiro atoms. The van der Waals surface area contributed by atoms with Crippen molar-refractivity contribution < 1.29 is 17.5 Å². The summed E-state index contributed by atoms with van der Waals surface area (Å²) in [5, 5.41) is 6.57. The zero-order valence-electron chi connectivity index (χ0n) is 16.8. The third-order valence-corrected chi connectivity index (χ3v) is 6.66. The van der Waals surface area contributed by atoms with Gasteiger partial charge in [0.15, 0.2) is 5.96 Å². The molecule has 1 unspecified atom stereocenters. The highest BCUT2D eigenvalue weighted by Gasteiger charge is 2.27. The maximum absolute atomic E-state index is 12.9. The van der Waals surface area contributed by atoms with Crippen LogP contribution in [0, 0.1) is 5.82 Å². The monoisotopic (exact) mass is 414 g/mol. The van der Waals surface area contributed by atoms with Crippen LogP contribution in [0.3, 0.4) is 0 Å². The van der Waals surface area contributed by atoms with E-state index in [9.17, 15) is 12.8 Å². The van der Waals surface area contributed by atoms with Crippen LogP contribution in [0.1, 0.15) is 33.1 Å². The lowest BCUT2D eigenvalue weighted by Crippen LogP contribution is -2.51. The molecule has 1 aromatic rings. The number of nitrogens with one attached hydrogen (secondary N) is 2. The van der Waals surface area contributed by atoms with Crippen molar-refractivity contribution in [1.29, 1.82) is 0 Å². The van der Waals surface area contributed by atoms with Crippen molar-refractivity contribution in [2.24, 2.45) is 4.99 Å².